The fourth-order valence-corrected chi connectivity index (χ4v) is 6.26. The van der Waals surface area contributed by atoms with E-state index in [0.29, 0.717) is 36.1 Å². The highest BCUT2D eigenvalue weighted by atomic mass is 32.2. The quantitative estimate of drug-likeness (QED) is 0.283. The predicted octanol–water partition coefficient (Wildman–Crippen LogP) is 0.107. The second-order valence-corrected chi connectivity index (χ2v) is 11.6. The molecule has 2 aliphatic rings. The number of nitrogens with one attached hydrogen (secondary N) is 3. The highest BCUT2D eigenvalue weighted by Gasteiger charge is 2.33. The molecule has 4 rings (SSSR count). The molecule has 1 amide bonds. The molecule has 0 radical (unpaired) electrons. The summed E-state index contributed by atoms with van der Waals surface area (Å²) >= 11 is 1.33. The number of nitrogens with zero attached hydrogens (tertiary/aromatic N) is 1. The minimum absolute atomic E-state index is 0.120. The van der Waals surface area contributed by atoms with Crippen molar-refractivity contribution in [2.45, 2.75) is 40.1 Å². The molecule has 0 saturated carbocycles. The summed E-state index contributed by atoms with van der Waals surface area (Å²) in [5, 5.41) is 8.95. The Hall–Kier alpha value is -2.87. The van der Waals surface area contributed by atoms with Gasteiger partial charge in [-0.25, -0.2) is 13.4 Å². The summed E-state index contributed by atoms with van der Waals surface area (Å²) in [7, 11) is -0.434. The van der Waals surface area contributed by atoms with E-state index < -0.39 is 26.5 Å². The monoisotopic (exact) mass is 537 g/mol. The Morgan fingerprint density at radius 1 is 1.28 bits per heavy atom. The number of carbonyl (C=O) groups excluding carboxylic acids is 1. The van der Waals surface area contributed by atoms with E-state index in [1.165, 1.54) is 31.0 Å². The summed E-state index contributed by atoms with van der Waals surface area (Å²) < 4.78 is 41.2. The van der Waals surface area contributed by atoms with Crippen molar-refractivity contribution in [1.29, 1.82) is 0 Å². The normalized spacial score (nSPS) is 20.4. The molecule has 1 aromatic heterocycles. The van der Waals surface area contributed by atoms with Gasteiger partial charge in [0.15, 0.2) is 21.4 Å². The average Bonchev–Trinajstić information content (AvgIpc) is 3.54. The first-order valence-electron chi connectivity index (χ1n) is 11.3. The molecule has 0 aliphatic carbocycles. The zero-order valence-corrected chi connectivity index (χ0v) is 21.8. The molecule has 1 aromatic carbocycles. The lowest BCUT2D eigenvalue weighted by Crippen LogP contribution is -2.76. The number of hydrogen-bond acceptors (Lipinski definition) is 10. The van der Waals surface area contributed by atoms with E-state index >= 15 is 0 Å². The summed E-state index contributed by atoms with van der Waals surface area (Å²) in [4.78, 5) is 23.4. The molecule has 36 heavy (non-hydrogen) atoms. The van der Waals surface area contributed by atoms with E-state index in [2.05, 4.69) is 20.8 Å². The Morgan fingerprint density at radius 2 is 2.06 bits per heavy atom. The van der Waals surface area contributed by atoms with Crippen LogP contribution in [0.1, 0.15) is 18.9 Å². The largest absolute Gasteiger partial charge is 0.481 e. The first-order chi connectivity index (χ1) is 17.3. The van der Waals surface area contributed by atoms with Crippen LogP contribution < -0.4 is 20.5 Å². The van der Waals surface area contributed by atoms with Gasteiger partial charge in [-0.2, -0.15) is 0 Å². The van der Waals surface area contributed by atoms with Crippen molar-refractivity contribution in [3.8, 4) is 5.88 Å². The summed E-state index contributed by atoms with van der Waals surface area (Å²) in [5.41, 5.74) is 0.868. The summed E-state index contributed by atoms with van der Waals surface area (Å²) in [5.74, 6) is 0.0212. The molecule has 0 bridgehead atoms. The van der Waals surface area contributed by atoms with Crippen molar-refractivity contribution < 1.29 is 37.4 Å². The number of rotatable bonds is 10. The number of methoxy groups -OCH3 is 2. The average molecular weight is 538 g/mol. The van der Waals surface area contributed by atoms with Crippen molar-refractivity contribution in [3.63, 3.8) is 0 Å². The van der Waals surface area contributed by atoms with Crippen LogP contribution in [0.25, 0.3) is 0 Å². The number of carbonyl (C=O) groups is 1. The van der Waals surface area contributed by atoms with Gasteiger partial charge >= 0.3 is 11.6 Å². The van der Waals surface area contributed by atoms with Gasteiger partial charge in [0, 0.05) is 19.8 Å². The van der Waals surface area contributed by atoms with Gasteiger partial charge in [-0.1, -0.05) is 11.8 Å². The number of benzene rings is 1. The number of fused-ring (bicyclic) bond motifs is 1. The molecule has 194 valence electrons. The van der Waals surface area contributed by atoms with Gasteiger partial charge in [0.1, 0.15) is 5.03 Å². The maximum Gasteiger partial charge on any atom is 0.323 e. The van der Waals surface area contributed by atoms with Gasteiger partial charge in [-0.3, -0.25) is 9.63 Å². The second-order valence-electron chi connectivity index (χ2n) is 8.24. The second kappa shape index (κ2) is 11.5. The van der Waals surface area contributed by atoms with Crippen LogP contribution in [-0.2, 0) is 28.9 Å². The third-order valence-electron chi connectivity index (χ3n) is 5.61. The lowest BCUT2D eigenvalue weighted by molar-refractivity contribution is -0.762. The molecule has 13 heteroatoms. The molecule has 3 atom stereocenters. The summed E-state index contributed by atoms with van der Waals surface area (Å²) in [6, 6.07) is 9.69. The number of ether oxygens (including phenoxy) is 3. The third-order valence-corrected chi connectivity index (χ3v) is 8.80. The zero-order valence-electron chi connectivity index (χ0n) is 20.1. The molecule has 11 nitrogen and oxygen atoms in total. The van der Waals surface area contributed by atoms with Crippen molar-refractivity contribution in [1.82, 2.24) is 10.3 Å². The number of pyridine rings is 1. The Labute approximate surface area is 213 Å². The summed E-state index contributed by atoms with van der Waals surface area (Å²) in [6.07, 6.45) is 0.117. The first kappa shape index (κ1) is 26.2. The molecular formula is C23H29N4O7S2+. The number of thioether (sulfide) groups is 1. The molecule has 1 saturated heterocycles. The van der Waals surface area contributed by atoms with E-state index in [-0.39, 0.29) is 23.3 Å². The van der Waals surface area contributed by atoms with E-state index in [0.717, 1.165) is 5.69 Å². The van der Waals surface area contributed by atoms with Crippen molar-refractivity contribution in [2.24, 2.45) is 0 Å². The standard InChI is InChI=1S/C23H28N4O7S2/c1-14(12-31-2)34-27-20(15-4-6-16(7-5-15)36(29,30)17-10-11-33-13-17)21(28)26-23-24-18-8-9-19(32-3)25-22(18)35-23/h4-9,14,17,23-24H,10-13H2,1-3H3,(H,26,28)/p+1/b27-20+/t14-,17+,23?/m1/s1. The van der Waals surface area contributed by atoms with Gasteiger partial charge in [0.05, 0.1) is 41.7 Å². The molecule has 2 aliphatic heterocycles. The molecular weight excluding hydrogens is 508 g/mol. The van der Waals surface area contributed by atoms with Crippen LogP contribution in [0, 0.1) is 0 Å². The van der Waals surface area contributed by atoms with Gasteiger partial charge in [0.25, 0.3) is 0 Å². The Morgan fingerprint density at radius 3 is 2.72 bits per heavy atom. The summed E-state index contributed by atoms with van der Waals surface area (Å²) in [6.45, 7) is 2.72. The highest BCUT2D eigenvalue weighted by molar-refractivity contribution is 8.00. The Balaban J connectivity index is 1.53. The molecule has 0 spiro atoms. The number of anilines is 1. The van der Waals surface area contributed by atoms with E-state index in [1.807, 2.05) is 6.07 Å². The van der Waals surface area contributed by atoms with Crippen LogP contribution >= 0.6 is 11.8 Å². The minimum atomic E-state index is -3.52. The van der Waals surface area contributed by atoms with Crippen LogP contribution in [0.15, 0.2) is 46.3 Å². The Kier molecular flexibility index (Phi) is 8.34. The zero-order chi connectivity index (χ0) is 25.7. The highest BCUT2D eigenvalue weighted by Crippen LogP contribution is 2.36. The lowest BCUT2D eigenvalue weighted by Gasteiger charge is -2.13. The van der Waals surface area contributed by atoms with Crippen LogP contribution in [0.2, 0.25) is 0 Å². The molecule has 1 fully saturated rings. The fraction of sp³-hybridized carbons (Fsp3) is 0.435. The van der Waals surface area contributed by atoms with Gasteiger partial charge in [-0.05, 0) is 48.8 Å². The van der Waals surface area contributed by atoms with Gasteiger partial charge < -0.3 is 24.8 Å². The van der Waals surface area contributed by atoms with Gasteiger partial charge in [0.2, 0.25) is 5.88 Å². The Bertz CT molecular complexity index is 1220. The molecule has 1 unspecified atom stereocenters. The number of sulfone groups is 1. The lowest BCUT2D eigenvalue weighted by atomic mass is 10.1. The van der Waals surface area contributed by atoms with E-state index in [1.54, 1.807) is 32.2 Å². The van der Waals surface area contributed by atoms with Crippen LogP contribution in [0.4, 0.5) is 5.69 Å². The van der Waals surface area contributed by atoms with Crippen LogP contribution in [-0.4, -0.2) is 75.9 Å². The topological polar surface area (TPSA) is 139 Å². The molecule has 3 heterocycles. The first-order valence-corrected chi connectivity index (χ1v) is 13.7. The van der Waals surface area contributed by atoms with E-state index in [9.17, 15) is 13.2 Å². The van der Waals surface area contributed by atoms with Gasteiger partial charge in [-0.15, -0.1) is 0 Å². The SMILES string of the molecule is COC[C@@H](C)O/[NH+]=C(/C(=O)NC1Nc2ccc(OC)nc2S1)c1ccc(S(=O)(=O)[C@H]2CCOC2)cc1. The number of hydrogen-bond donors (Lipinski definition) is 3. The molecule has 2 aromatic rings. The van der Waals surface area contributed by atoms with Crippen LogP contribution in [0.3, 0.4) is 0 Å². The van der Waals surface area contributed by atoms with Crippen LogP contribution in [0.5, 0.6) is 5.88 Å². The minimum Gasteiger partial charge on any atom is -0.481 e. The number of amides is 1. The van der Waals surface area contributed by atoms with Crippen molar-refractivity contribution in [3.05, 3.63) is 42.0 Å². The predicted molar refractivity (Wildman–Crippen MR) is 133 cm³/mol. The smallest absolute Gasteiger partial charge is 0.323 e. The van der Waals surface area contributed by atoms with E-state index in [4.69, 9.17) is 19.0 Å². The fourth-order valence-electron chi connectivity index (χ4n) is 3.70. The number of aromatic nitrogens is 1. The van der Waals surface area contributed by atoms with Crippen molar-refractivity contribution in [2.75, 3.05) is 39.4 Å². The third kappa shape index (κ3) is 5.91. The van der Waals surface area contributed by atoms with Crippen molar-refractivity contribution >= 4 is 38.9 Å². The molecule has 3 N–H and O–H groups in total. The maximum atomic E-state index is 13.3. The maximum absolute atomic E-state index is 13.3.